The summed E-state index contributed by atoms with van der Waals surface area (Å²) in [6, 6.07) is 16.6. The van der Waals surface area contributed by atoms with E-state index in [-0.39, 0.29) is 18.4 Å². The van der Waals surface area contributed by atoms with Gasteiger partial charge in [0.25, 0.3) is 5.91 Å². The van der Waals surface area contributed by atoms with Crippen LogP contribution in [0, 0.1) is 0 Å². The number of amidine groups is 1. The third kappa shape index (κ3) is 3.76. The van der Waals surface area contributed by atoms with Crippen LogP contribution in [-0.2, 0) is 9.59 Å². The van der Waals surface area contributed by atoms with Gasteiger partial charge >= 0.3 is 0 Å². The highest BCUT2D eigenvalue weighted by Gasteiger charge is 2.34. The van der Waals surface area contributed by atoms with Gasteiger partial charge in [0.2, 0.25) is 5.91 Å². The standard InChI is InChI=1S/C19H18ClN3O2S/c1-22(2)18(25)17(13-8-4-3-5-9-13)26-19-21-12-16(24)23(19)15-11-7-6-10-14(15)20/h3-11,17H,12H2,1-2H3/t17-/m1/s1. The van der Waals surface area contributed by atoms with Crippen molar-refractivity contribution in [1.82, 2.24) is 4.90 Å². The molecular formula is C19H18ClN3O2S. The number of nitrogens with zero attached hydrogens (tertiary/aromatic N) is 3. The average Bonchev–Trinajstić information content (AvgIpc) is 3.00. The molecule has 134 valence electrons. The van der Waals surface area contributed by atoms with Crippen molar-refractivity contribution in [3.05, 3.63) is 65.2 Å². The van der Waals surface area contributed by atoms with E-state index in [2.05, 4.69) is 4.99 Å². The van der Waals surface area contributed by atoms with Gasteiger partial charge in [-0.05, 0) is 17.7 Å². The number of anilines is 1. The van der Waals surface area contributed by atoms with E-state index < -0.39 is 5.25 Å². The van der Waals surface area contributed by atoms with Crippen molar-refractivity contribution in [3.63, 3.8) is 0 Å². The van der Waals surface area contributed by atoms with Gasteiger partial charge in [0.05, 0.1) is 10.7 Å². The third-order valence-corrected chi connectivity index (χ3v) is 5.43. The SMILES string of the molecule is CN(C)C(=O)[C@H](SC1=NCC(=O)N1c1ccccc1Cl)c1ccccc1. The first-order valence-corrected chi connectivity index (χ1v) is 9.29. The van der Waals surface area contributed by atoms with E-state index >= 15 is 0 Å². The van der Waals surface area contributed by atoms with Crippen LogP contribution in [0.1, 0.15) is 10.8 Å². The minimum absolute atomic E-state index is 0.0468. The van der Waals surface area contributed by atoms with E-state index in [0.29, 0.717) is 15.9 Å². The highest BCUT2D eigenvalue weighted by molar-refractivity contribution is 8.15. The summed E-state index contributed by atoms with van der Waals surface area (Å²) in [7, 11) is 3.43. The zero-order valence-corrected chi connectivity index (χ0v) is 16.0. The molecule has 1 heterocycles. The summed E-state index contributed by atoms with van der Waals surface area (Å²) < 4.78 is 0. The number of likely N-dealkylation sites (N-methyl/N-ethyl adjacent to an activating group) is 1. The molecule has 2 amide bonds. The number of para-hydroxylation sites is 1. The lowest BCUT2D eigenvalue weighted by atomic mass is 10.1. The largest absolute Gasteiger partial charge is 0.348 e. The molecule has 0 bridgehead atoms. The van der Waals surface area contributed by atoms with E-state index in [1.54, 1.807) is 37.2 Å². The molecular weight excluding hydrogens is 370 g/mol. The maximum atomic E-state index is 12.7. The Balaban J connectivity index is 1.94. The highest BCUT2D eigenvalue weighted by atomic mass is 35.5. The summed E-state index contributed by atoms with van der Waals surface area (Å²) in [5, 5.41) is 0.444. The van der Waals surface area contributed by atoms with E-state index in [9.17, 15) is 9.59 Å². The van der Waals surface area contributed by atoms with Gasteiger partial charge in [0.1, 0.15) is 11.8 Å². The van der Waals surface area contributed by atoms with Crippen LogP contribution in [0.25, 0.3) is 0 Å². The minimum Gasteiger partial charge on any atom is -0.348 e. The van der Waals surface area contributed by atoms with Crippen LogP contribution in [0.15, 0.2) is 59.6 Å². The lowest BCUT2D eigenvalue weighted by Crippen LogP contribution is -2.33. The summed E-state index contributed by atoms with van der Waals surface area (Å²) in [5.41, 5.74) is 1.43. The zero-order valence-electron chi connectivity index (χ0n) is 14.4. The molecule has 0 saturated heterocycles. The van der Waals surface area contributed by atoms with Crippen molar-refractivity contribution >= 4 is 46.0 Å². The average molecular weight is 388 g/mol. The molecule has 1 aliphatic heterocycles. The van der Waals surface area contributed by atoms with Gasteiger partial charge in [-0.1, -0.05) is 65.8 Å². The van der Waals surface area contributed by atoms with Gasteiger partial charge in [0, 0.05) is 14.1 Å². The molecule has 7 heteroatoms. The third-order valence-electron chi connectivity index (χ3n) is 3.87. The smallest absolute Gasteiger partial charge is 0.254 e. The maximum absolute atomic E-state index is 12.7. The summed E-state index contributed by atoms with van der Waals surface area (Å²) in [5.74, 6) is -0.230. The first-order chi connectivity index (χ1) is 12.5. The van der Waals surface area contributed by atoms with Crippen LogP contribution in [0.2, 0.25) is 5.02 Å². The van der Waals surface area contributed by atoms with Crippen LogP contribution in [0.3, 0.4) is 0 Å². The highest BCUT2D eigenvalue weighted by Crippen LogP contribution is 2.37. The van der Waals surface area contributed by atoms with E-state index in [1.165, 1.54) is 16.7 Å². The van der Waals surface area contributed by atoms with Gasteiger partial charge < -0.3 is 4.90 Å². The molecule has 0 spiro atoms. The molecule has 0 unspecified atom stereocenters. The van der Waals surface area contributed by atoms with Crippen LogP contribution in [0.5, 0.6) is 0 Å². The fourth-order valence-corrected chi connectivity index (χ4v) is 4.05. The van der Waals surface area contributed by atoms with E-state index in [4.69, 9.17) is 11.6 Å². The molecule has 5 nitrogen and oxygen atoms in total. The fourth-order valence-electron chi connectivity index (χ4n) is 2.57. The first kappa shape index (κ1) is 18.5. The predicted octanol–water partition coefficient (Wildman–Crippen LogP) is 3.61. The van der Waals surface area contributed by atoms with Crippen LogP contribution >= 0.6 is 23.4 Å². The monoisotopic (exact) mass is 387 g/mol. The fraction of sp³-hybridized carbons (Fsp3) is 0.211. The second-order valence-corrected chi connectivity index (χ2v) is 7.40. The number of hydrogen-bond acceptors (Lipinski definition) is 4. The molecule has 2 aromatic carbocycles. The topological polar surface area (TPSA) is 53.0 Å². The Morgan fingerprint density at radius 1 is 1.15 bits per heavy atom. The normalized spacial score (nSPS) is 15.0. The molecule has 3 rings (SSSR count). The Labute approximate surface area is 161 Å². The van der Waals surface area contributed by atoms with Crippen molar-refractivity contribution < 1.29 is 9.59 Å². The number of carbonyl (C=O) groups excluding carboxylic acids is 2. The maximum Gasteiger partial charge on any atom is 0.254 e. The Morgan fingerprint density at radius 3 is 2.46 bits per heavy atom. The number of carbonyl (C=O) groups is 2. The molecule has 26 heavy (non-hydrogen) atoms. The Morgan fingerprint density at radius 2 is 1.81 bits per heavy atom. The molecule has 2 aromatic rings. The summed E-state index contributed by atoms with van der Waals surface area (Å²) >= 11 is 7.53. The van der Waals surface area contributed by atoms with Crippen molar-refractivity contribution in [2.45, 2.75) is 5.25 Å². The van der Waals surface area contributed by atoms with Gasteiger partial charge in [-0.15, -0.1) is 0 Å². The van der Waals surface area contributed by atoms with Crippen LogP contribution < -0.4 is 4.90 Å². The lowest BCUT2D eigenvalue weighted by Gasteiger charge is -2.24. The molecule has 0 saturated carbocycles. The number of thioether (sulfide) groups is 1. The Bertz CT molecular complexity index is 855. The predicted molar refractivity (Wildman–Crippen MR) is 107 cm³/mol. The van der Waals surface area contributed by atoms with Gasteiger partial charge in [-0.3, -0.25) is 19.5 Å². The van der Waals surface area contributed by atoms with Crippen LogP contribution in [-0.4, -0.2) is 42.5 Å². The van der Waals surface area contributed by atoms with Crippen molar-refractivity contribution in [1.29, 1.82) is 0 Å². The van der Waals surface area contributed by atoms with Gasteiger partial charge in [0.15, 0.2) is 5.17 Å². The second kappa shape index (κ2) is 7.93. The van der Waals surface area contributed by atoms with Crippen molar-refractivity contribution in [2.24, 2.45) is 4.99 Å². The Kier molecular flexibility index (Phi) is 5.64. The molecule has 0 N–H and O–H groups in total. The molecule has 0 fully saturated rings. The first-order valence-electron chi connectivity index (χ1n) is 8.03. The number of benzene rings is 2. The molecule has 1 atom stereocenters. The van der Waals surface area contributed by atoms with Gasteiger partial charge in [-0.25, -0.2) is 0 Å². The number of hydrogen-bond donors (Lipinski definition) is 0. The molecule has 0 aliphatic carbocycles. The second-order valence-electron chi connectivity index (χ2n) is 5.92. The number of halogens is 1. The van der Waals surface area contributed by atoms with E-state index in [1.807, 2.05) is 36.4 Å². The van der Waals surface area contributed by atoms with Gasteiger partial charge in [-0.2, -0.15) is 0 Å². The molecule has 0 radical (unpaired) electrons. The summed E-state index contributed by atoms with van der Waals surface area (Å²) in [6.07, 6.45) is 0. The van der Waals surface area contributed by atoms with Crippen molar-refractivity contribution in [2.75, 3.05) is 25.5 Å². The molecule has 0 aromatic heterocycles. The lowest BCUT2D eigenvalue weighted by molar-refractivity contribution is -0.128. The Hall–Kier alpha value is -2.31. The van der Waals surface area contributed by atoms with Crippen LogP contribution in [0.4, 0.5) is 5.69 Å². The number of aliphatic imine (C=N–C) groups is 1. The zero-order chi connectivity index (χ0) is 18.7. The van der Waals surface area contributed by atoms with Crippen molar-refractivity contribution in [3.8, 4) is 0 Å². The summed E-state index contributed by atoms with van der Waals surface area (Å²) in [4.78, 5) is 32.5. The molecule has 1 aliphatic rings. The van der Waals surface area contributed by atoms with E-state index in [0.717, 1.165) is 5.56 Å². The quantitative estimate of drug-likeness (QED) is 0.805. The minimum atomic E-state index is -0.499. The summed E-state index contributed by atoms with van der Waals surface area (Å²) in [6.45, 7) is 0.0468. The number of amides is 2. The number of rotatable bonds is 4.